The van der Waals surface area contributed by atoms with Crippen molar-refractivity contribution in [2.45, 2.75) is 46.6 Å². The zero-order chi connectivity index (χ0) is 12.7. The maximum Gasteiger partial charge on any atom is 0.142 e. The van der Waals surface area contributed by atoms with Gasteiger partial charge in [0.1, 0.15) is 5.75 Å². The van der Waals surface area contributed by atoms with Crippen LogP contribution >= 0.6 is 0 Å². The average molecular weight is 235 g/mol. The number of rotatable bonds is 7. The molecule has 0 aliphatic carbocycles. The molecular formula is C15H25NO. The number of hydrogen-bond donors (Lipinski definition) is 1. The Labute approximate surface area is 105 Å². The summed E-state index contributed by atoms with van der Waals surface area (Å²) in [4.78, 5) is 0. The van der Waals surface area contributed by atoms with E-state index in [-0.39, 0.29) is 0 Å². The molecule has 0 amide bonds. The van der Waals surface area contributed by atoms with E-state index in [1.165, 1.54) is 6.42 Å². The van der Waals surface area contributed by atoms with Crippen LogP contribution < -0.4 is 10.1 Å². The van der Waals surface area contributed by atoms with Gasteiger partial charge in [-0.3, -0.25) is 0 Å². The number of benzene rings is 1. The summed E-state index contributed by atoms with van der Waals surface area (Å²) in [6.45, 7) is 9.62. The van der Waals surface area contributed by atoms with Crippen LogP contribution in [0.2, 0.25) is 0 Å². The highest BCUT2D eigenvalue weighted by Crippen LogP contribution is 2.26. The lowest BCUT2D eigenvalue weighted by Gasteiger charge is -2.22. The quantitative estimate of drug-likeness (QED) is 0.760. The molecule has 0 aliphatic rings. The van der Waals surface area contributed by atoms with Crippen LogP contribution in [0.3, 0.4) is 0 Å². The molecule has 1 aromatic rings. The van der Waals surface area contributed by atoms with Crippen LogP contribution in [-0.2, 0) is 0 Å². The highest BCUT2D eigenvalue weighted by molar-refractivity contribution is 5.56. The molecule has 17 heavy (non-hydrogen) atoms. The van der Waals surface area contributed by atoms with Gasteiger partial charge in [-0.1, -0.05) is 39.3 Å². The van der Waals surface area contributed by atoms with Crippen molar-refractivity contribution in [1.82, 2.24) is 0 Å². The van der Waals surface area contributed by atoms with Crippen LogP contribution in [0.5, 0.6) is 5.75 Å². The first-order valence-electron chi connectivity index (χ1n) is 6.67. The van der Waals surface area contributed by atoms with Gasteiger partial charge in [0.2, 0.25) is 0 Å². The summed E-state index contributed by atoms with van der Waals surface area (Å²) in [6.07, 6.45) is 2.22. The minimum Gasteiger partial charge on any atom is -0.491 e. The molecule has 2 heteroatoms. The van der Waals surface area contributed by atoms with Gasteiger partial charge in [0.05, 0.1) is 12.3 Å². The summed E-state index contributed by atoms with van der Waals surface area (Å²) in [6, 6.07) is 8.64. The summed E-state index contributed by atoms with van der Waals surface area (Å²) in [5.41, 5.74) is 1.11. The third-order valence-corrected chi connectivity index (χ3v) is 3.23. The van der Waals surface area contributed by atoms with Gasteiger partial charge in [-0.2, -0.15) is 0 Å². The molecule has 0 saturated heterocycles. The van der Waals surface area contributed by atoms with E-state index in [9.17, 15) is 0 Å². The maximum absolute atomic E-state index is 5.74. The number of ether oxygens (including phenoxy) is 1. The standard InChI is InChI=1S/C15H25NO/c1-5-11-17-15-10-8-7-9-14(15)16-13(4)12(3)6-2/h7-10,12-13,16H,5-6,11H2,1-4H3. The number of hydrogen-bond acceptors (Lipinski definition) is 2. The SMILES string of the molecule is CCCOc1ccccc1NC(C)C(C)CC. The van der Waals surface area contributed by atoms with E-state index >= 15 is 0 Å². The maximum atomic E-state index is 5.74. The van der Waals surface area contributed by atoms with Crippen molar-refractivity contribution in [3.05, 3.63) is 24.3 Å². The molecule has 0 aromatic heterocycles. The van der Waals surface area contributed by atoms with E-state index in [4.69, 9.17) is 4.74 Å². The van der Waals surface area contributed by atoms with Crippen molar-refractivity contribution >= 4 is 5.69 Å². The van der Waals surface area contributed by atoms with Crippen LogP contribution in [0.25, 0.3) is 0 Å². The zero-order valence-electron chi connectivity index (χ0n) is 11.5. The summed E-state index contributed by atoms with van der Waals surface area (Å²) in [5, 5.41) is 3.55. The lowest BCUT2D eigenvalue weighted by Crippen LogP contribution is -2.23. The van der Waals surface area contributed by atoms with Crippen molar-refractivity contribution in [2.75, 3.05) is 11.9 Å². The molecule has 0 fully saturated rings. The summed E-state index contributed by atoms with van der Waals surface area (Å²) in [7, 11) is 0. The third kappa shape index (κ3) is 4.29. The number of para-hydroxylation sites is 2. The highest BCUT2D eigenvalue weighted by Gasteiger charge is 2.11. The van der Waals surface area contributed by atoms with Gasteiger partial charge in [-0.25, -0.2) is 0 Å². The van der Waals surface area contributed by atoms with Gasteiger partial charge < -0.3 is 10.1 Å². The molecule has 0 saturated carbocycles. The highest BCUT2D eigenvalue weighted by atomic mass is 16.5. The van der Waals surface area contributed by atoms with E-state index in [2.05, 4.69) is 39.1 Å². The summed E-state index contributed by atoms with van der Waals surface area (Å²) < 4.78 is 5.74. The minimum atomic E-state index is 0.464. The molecule has 1 aromatic carbocycles. The zero-order valence-corrected chi connectivity index (χ0v) is 11.5. The van der Waals surface area contributed by atoms with Gasteiger partial charge in [-0.15, -0.1) is 0 Å². The number of nitrogens with one attached hydrogen (secondary N) is 1. The molecule has 0 radical (unpaired) electrons. The van der Waals surface area contributed by atoms with Gasteiger partial charge in [-0.05, 0) is 31.4 Å². The molecule has 0 heterocycles. The first-order valence-corrected chi connectivity index (χ1v) is 6.67. The Hall–Kier alpha value is -1.18. The molecule has 2 unspecified atom stereocenters. The fraction of sp³-hybridized carbons (Fsp3) is 0.600. The lowest BCUT2D eigenvalue weighted by atomic mass is 10.0. The van der Waals surface area contributed by atoms with Gasteiger partial charge >= 0.3 is 0 Å². The van der Waals surface area contributed by atoms with Crippen LogP contribution in [0.1, 0.15) is 40.5 Å². The molecule has 0 aliphatic heterocycles. The Morgan fingerprint density at radius 1 is 1.18 bits per heavy atom. The molecule has 2 atom stereocenters. The van der Waals surface area contributed by atoms with E-state index < -0.39 is 0 Å². The number of anilines is 1. The second-order valence-corrected chi connectivity index (χ2v) is 4.66. The second-order valence-electron chi connectivity index (χ2n) is 4.66. The predicted octanol–water partition coefficient (Wildman–Crippen LogP) is 4.32. The van der Waals surface area contributed by atoms with Crippen LogP contribution in [0, 0.1) is 5.92 Å². The Kier molecular flexibility index (Phi) is 5.88. The van der Waals surface area contributed by atoms with E-state index in [0.717, 1.165) is 24.5 Å². The van der Waals surface area contributed by atoms with Crippen LogP contribution in [0.15, 0.2) is 24.3 Å². The molecule has 1 N–H and O–H groups in total. The molecule has 2 nitrogen and oxygen atoms in total. The van der Waals surface area contributed by atoms with Crippen molar-refractivity contribution in [3.63, 3.8) is 0 Å². The van der Waals surface area contributed by atoms with Crippen molar-refractivity contribution in [3.8, 4) is 5.75 Å². The molecule has 0 bridgehead atoms. The van der Waals surface area contributed by atoms with E-state index in [0.29, 0.717) is 12.0 Å². The van der Waals surface area contributed by atoms with Crippen molar-refractivity contribution in [2.24, 2.45) is 5.92 Å². The van der Waals surface area contributed by atoms with Crippen LogP contribution in [0.4, 0.5) is 5.69 Å². The first kappa shape index (κ1) is 13.9. The summed E-state index contributed by atoms with van der Waals surface area (Å²) >= 11 is 0. The van der Waals surface area contributed by atoms with Gasteiger partial charge in [0, 0.05) is 6.04 Å². The lowest BCUT2D eigenvalue weighted by molar-refractivity contribution is 0.318. The molecule has 1 rings (SSSR count). The Balaban J connectivity index is 2.68. The smallest absolute Gasteiger partial charge is 0.142 e. The van der Waals surface area contributed by atoms with E-state index in [1.54, 1.807) is 0 Å². The second kappa shape index (κ2) is 7.21. The molecule has 96 valence electrons. The van der Waals surface area contributed by atoms with Crippen LogP contribution in [-0.4, -0.2) is 12.6 Å². The predicted molar refractivity (Wildman–Crippen MR) is 74.8 cm³/mol. The first-order chi connectivity index (χ1) is 8.19. The third-order valence-electron chi connectivity index (χ3n) is 3.23. The van der Waals surface area contributed by atoms with Gasteiger partial charge in [0.15, 0.2) is 0 Å². The fourth-order valence-corrected chi connectivity index (χ4v) is 1.66. The average Bonchev–Trinajstić information content (AvgIpc) is 2.36. The summed E-state index contributed by atoms with van der Waals surface area (Å²) in [5.74, 6) is 1.62. The topological polar surface area (TPSA) is 21.3 Å². The monoisotopic (exact) mass is 235 g/mol. The normalized spacial score (nSPS) is 14.1. The Morgan fingerprint density at radius 3 is 2.53 bits per heavy atom. The minimum absolute atomic E-state index is 0.464. The van der Waals surface area contributed by atoms with E-state index in [1.807, 2.05) is 18.2 Å². The fourth-order valence-electron chi connectivity index (χ4n) is 1.66. The van der Waals surface area contributed by atoms with Crippen molar-refractivity contribution in [1.29, 1.82) is 0 Å². The molecular weight excluding hydrogens is 210 g/mol. The Bertz CT molecular complexity index is 324. The Morgan fingerprint density at radius 2 is 1.88 bits per heavy atom. The van der Waals surface area contributed by atoms with Crippen molar-refractivity contribution < 1.29 is 4.74 Å². The van der Waals surface area contributed by atoms with Gasteiger partial charge in [0.25, 0.3) is 0 Å². The largest absolute Gasteiger partial charge is 0.491 e. The molecule has 0 spiro atoms.